The standard InChI is InChI=1S/C23H20N4O/c1-13-21(14(2)28-26-13)16-11-18(20-9-8-17-5-3-4-10-27(17)20)22-19(12-16)24-23(25-22)15-6-7-15/h3-5,8-12,15H,6-7H2,1-2H3,(H,24,25). The second-order valence-electron chi connectivity index (χ2n) is 7.73. The minimum atomic E-state index is 0.576. The van der Waals surface area contributed by atoms with Gasteiger partial charge in [-0.2, -0.15) is 0 Å². The lowest BCUT2D eigenvalue weighted by molar-refractivity contribution is 0.393. The molecule has 1 aliphatic rings. The number of imidazole rings is 1. The zero-order valence-electron chi connectivity index (χ0n) is 15.9. The van der Waals surface area contributed by atoms with Crippen LogP contribution in [0.4, 0.5) is 0 Å². The number of nitrogens with one attached hydrogen (secondary N) is 1. The Morgan fingerprint density at radius 1 is 1.11 bits per heavy atom. The van der Waals surface area contributed by atoms with Gasteiger partial charge in [-0.3, -0.25) is 0 Å². The maximum atomic E-state index is 5.43. The van der Waals surface area contributed by atoms with Crippen molar-refractivity contribution in [3.8, 4) is 22.4 Å². The van der Waals surface area contributed by atoms with E-state index in [2.05, 4.69) is 63.2 Å². The Morgan fingerprint density at radius 2 is 2.00 bits per heavy atom. The van der Waals surface area contributed by atoms with E-state index >= 15 is 0 Å². The van der Waals surface area contributed by atoms with Gasteiger partial charge in [0.1, 0.15) is 11.6 Å². The van der Waals surface area contributed by atoms with Crippen molar-refractivity contribution >= 4 is 16.6 Å². The molecule has 0 atom stereocenters. The van der Waals surface area contributed by atoms with Crippen LogP contribution < -0.4 is 0 Å². The van der Waals surface area contributed by atoms with E-state index in [9.17, 15) is 0 Å². The van der Waals surface area contributed by atoms with Gasteiger partial charge >= 0.3 is 0 Å². The van der Waals surface area contributed by atoms with Crippen molar-refractivity contribution in [2.75, 3.05) is 0 Å². The molecule has 0 amide bonds. The highest BCUT2D eigenvalue weighted by Crippen LogP contribution is 2.42. The van der Waals surface area contributed by atoms with Crippen LogP contribution in [0.2, 0.25) is 0 Å². The van der Waals surface area contributed by atoms with Crippen molar-refractivity contribution in [1.29, 1.82) is 0 Å². The molecule has 1 N–H and O–H groups in total. The van der Waals surface area contributed by atoms with Gasteiger partial charge in [-0.05, 0) is 68.7 Å². The highest BCUT2D eigenvalue weighted by molar-refractivity contribution is 5.96. The molecule has 1 saturated carbocycles. The Labute approximate surface area is 162 Å². The quantitative estimate of drug-likeness (QED) is 0.449. The van der Waals surface area contributed by atoms with Crippen molar-refractivity contribution < 1.29 is 4.52 Å². The summed E-state index contributed by atoms with van der Waals surface area (Å²) < 4.78 is 7.66. The molecule has 0 spiro atoms. The fraction of sp³-hybridized carbons (Fsp3) is 0.217. The summed E-state index contributed by atoms with van der Waals surface area (Å²) in [4.78, 5) is 8.56. The summed E-state index contributed by atoms with van der Waals surface area (Å²) >= 11 is 0. The molecule has 0 aliphatic heterocycles. The zero-order chi connectivity index (χ0) is 18.8. The Bertz CT molecular complexity index is 1330. The molecule has 5 nitrogen and oxygen atoms in total. The van der Waals surface area contributed by atoms with E-state index in [-0.39, 0.29) is 0 Å². The van der Waals surface area contributed by atoms with Gasteiger partial charge in [0.05, 0.1) is 22.4 Å². The molecule has 0 unspecified atom stereocenters. The summed E-state index contributed by atoms with van der Waals surface area (Å²) in [5.41, 5.74) is 8.63. The smallest absolute Gasteiger partial charge is 0.141 e. The molecule has 138 valence electrons. The number of aromatic amines is 1. The molecule has 4 aromatic heterocycles. The van der Waals surface area contributed by atoms with E-state index in [0.717, 1.165) is 50.7 Å². The fourth-order valence-corrected chi connectivity index (χ4v) is 4.20. The Kier molecular flexibility index (Phi) is 3.13. The zero-order valence-corrected chi connectivity index (χ0v) is 15.9. The predicted octanol–water partition coefficient (Wildman–Crippen LogP) is 5.63. The van der Waals surface area contributed by atoms with Gasteiger partial charge in [0.2, 0.25) is 0 Å². The van der Waals surface area contributed by atoms with E-state index in [1.165, 1.54) is 18.4 Å². The third kappa shape index (κ3) is 2.26. The lowest BCUT2D eigenvalue weighted by atomic mass is 9.99. The van der Waals surface area contributed by atoms with Gasteiger partial charge in [-0.15, -0.1) is 0 Å². The number of hydrogen-bond acceptors (Lipinski definition) is 3. The van der Waals surface area contributed by atoms with E-state index in [4.69, 9.17) is 9.51 Å². The number of fused-ring (bicyclic) bond motifs is 2. The molecule has 28 heavy (non-hydrogen) atoms. The molecule has 1 aliphatic carbocycles. The normalized spacial score (nSPS) is 14.4. The average Bonchev–Trinajstić information content (AvgIpc) is 3.17. The van der Waals surface area contributed by atoms with Crippen LogP contribution in [0.15, 0.2) is 53.2 Å². The monoisotopic (exact) mass is 368 g/mol. The summed E-state index contributed by atoms with van der Waals surface area (Å²) in [6.07, 6.45) is 4.55. The Balaban J connectivity index is 1.68. The first kappa shape index (κ1) is 15.7. The Hall–Kier alpha value is -3.34. The minimum absolute atomic E-state index is 0.576. The second-order valence-corrected chi connectivity index (χ2v) is 7.73. The van der Waals surface area contributed by atoms with E-state index in [0.29, 0.717) is 5.92 Å². The lowest BCUT2D eigenvalue weighted by Crippen LogP contribution is -1.91. The van der Waals surface area contributed by atoms with Crippen LogP contribution in [0, 0.1) is 13.8 Å². The first-order valence-electron chi connectivity index (χ1n) is 9.72. The van der Waals surface area contributed by atoms with Gasteiger partial charge in [0.25, 0.3) is 0 Å². The molecule has 5 heteroatoms. The van der Waals surface area contributed by atoms with Crippen LogP contribution in [-0.4, -0.2) is 19.5 Å². The number of aryl methyl sites for hydroxylation is 2. The molecule has 1 fully saturated rings. The van der Waals surface area contributed by atoms with Crippen molar-refractivity contribution in [1.82, 2.24) is 19.5 Å². The highest BCUT2D eigenvalue weighted by atomic mass is 16.5. The van der Waals surface area contributed by atoms with Gasteiger partial charge < -0.3 is 13.9 Å². The molecular formula is C23H20N4O. The van der Waals surface area contributed by atoms with Gasteiger partial charge in [0, 0.05) is 28.8 Å². The van der Waals surface area contributed by atoms with Crippen LogP contribution in [0.3, 0.4) is 0 Å². The van der Waals surface area contributed by atoms with Crippen molar-refractivity contribution in [2.45, 2.75) is 32.6 Å². The van der Waals surface area contributed by atoms with Gasteiger partial charge in [-0.1, -0.05) is 11.2 Å². The van der Waals surface area contributed by atoms with Crippen molar-refractivity contribution in [2.24, 2.45) is 0 Å². The van der Waals surface area contributed by atoms with Crippen LogP contribution in [0.5, 0.6) is 0 Å². The maximum Gasteiger partial charge on any atom is 0.141 e. The third-order valence-corrected chi connectivity index (χ3v) is 5.74. The topological polar surface area (TPSA) is 59.1 Å². The molecular weight excluding hydrogens is 348 g/mol. The maximum absolute atomic E-state index is 5.43. The van der Waals surface area contributed by atoms with E-state index < -0.39 is 0 Å². The first-order valence-corrected chi connectivity index (χ1v) is 9.72. The van der Waals surface area contributed by atoms with Crippen LogP contribution in [-0.2, 0) is 0 Å². The predicted molar refractivity (Wildman–Crippen MR) is 109 cm³/mol. The molecule has 6 rings (SSSR count). The van der Waals surface area contributed by atoms with Crippen LogP contribution in [0.25, 0.3) is 38.9 Å². The largest absolute Gasteiger partial charge is 0.361 e. The number of pyridine rings is 1. The molecule has 0 saturated heterocycles. The number of benzene rings is 1. The third-order valence-electron chi connectivity index (χ3n) is 5.74. The van der Waals surface area contributed by atoms with E-state index in [1.807, 2.05) is 13.8 Å². The number of H-pyrrole nitrogens is 1. The minimum Gasteiger partial charge on any atom is -0.361 e. The molecule has 0 radical (unpaired) electrons. The molecule has 5 aromatic rings. The number of rotatable bonds is 3. The molecule has 0 bridgehead atoms. The summed E-state index contributed by atoms with van der Waals surface area (Å²) in [6.45, 7) is 3.95. The molecule has 4 heterocycles. The summed E-state index contributed by atoms with van der Waals surface area (Å²) in [5, 5.41) is 4.15. The van der Waals surface area contributed by atoms with Crippen molar-refractivity contribution in [3.05, 3.63) is 65.9 Å². The number of hydrogen-bond donors (Lipinski definition) is 1. The Morgan fingerprint density at radius 3 is 2.79 bits per heavy atom. The molecule has 1 aromatic carbocycles. The van der Waals surface area contributed by atoms with Crippen LogP contribution >= 0.6 is 0 Å². The van der Waals surface area contributed by atoms with Gasteiger partial charge in [-0.25, -0.2) is 4.98 Å². The fourth-order valence-electron chi connectivity index (χ4n) is 4.20. The lowest BCUT2D eigenvalue weighted by Gasteiger charge is -2.08. The number of nitrogens with zero attached hydrogens (tertiary/aromatic N) is 3. The second kappa shape index (κ2) is 5.58. The summed E-state index contributed by atoms with van der Waals surface area (Å²) in [7, 11) is 0. The SMILES string of the molecule is Cc1noc(C)c1-c1cc(-c2ccc3ccccn23)c2[nH]c(C3CC3)nc2c1. The summed E-state index contributed by atoms with van der Waals surface area (Å²) in [6, 6.07) is 15.0. The first-order chi connectivity index (χ1) is 13.7. The van der Waals surface area contributed by atoms with Crippen LogP contribution in [0.1, 0.15) is 36.0 Å². The van der Waals surface area contributed by atoms with Crippen molar-refractivity contribution in [3.63, 3.8) is 0 Å². The highest BCUT2D eigenvalue weighted by Gasteiger charge is 2.28. The summed E-state index contributed by atoms with van der Waals surface area (Å²) in [5.74, 6) is 2.51. The van der Waals surface area contributed by atoms with Gasteiger partial charge in [0.15, 0.2) is 0 Å². The number of aromatic nitrogens is 4. The van der Waals surface area contributed by atoms with E-state index in [1.54, 1.807) is 0 Å². The average molecular weight is 368 g/mol.